The molecule has 9 nitrogen and oxygen atoms in total. The number of carboxylic acids is 2. The molecule has 4 atom stereocenters. The first-order chi connectivity index (χ1) is 15.5. The lowest BCUT2D eigenvalue weighted by molar-refractivity contribution is -0.867. The van der Waals surface area contributed by atoms with Crippen molar-refractivity contribution in [3.8, 4) is 6.07 Å². The molecule has 2 aromatic rings. The van der Waals surface area contributed by atoms with Gasteiger partial charge in [-0.25, -0.2) is 0 Å². The first-order valence-corrected chi connectivity index (χ1v) is 11.1. The Morgan fingerprint density at radius 2 is 1.64 bits per heavy atom. The van der Waals surface area contributed by atoms with Gasteiger partial charge in [0.05, 0.1) is 66.5 Å². The number of carbonyl (C=O) groups excluding carboxylic acids is 2. The molecule has 0 amide bonds. The van der Waals surface area contributed by atoms with E-state index in [1.165, 1.54) is 31.0 Å². The molecule has 0 aliphatic carbocycles. The lowest BCUT2D eigenvalue weighted by Gasteiger charge is -2.29. The average Bonchev–Trinajstić information content (AvgIpc) is 2.77. The highest BCUT2D eigenvalue weighted by molar-refractivity contribution is 7.99. The maximum atomic E-state index is 9.63. The fraction of sp³-hybridized carbons (Fsp3) is 0.348. The fourth-order valence-corrected chi connectivity index (χ4v) is 4.70. The van der Waals surface area contributed by atoms with Crippen LogP contribution in [0.5, 0.6) is 0 Å². The zero-order valence-electron chi connectivity index (χ0n) is 18.6. The Bertz CT molecular complexity index is 1020. The molecule has 0 radical (unpaired) electrons. The van der Waals surface area contributed by atoms with Crippen LogP contribution in [0.25, 0.3) is 0 Å². The summed E-state index contributed by atoms with van der Waals surface area (Å²) in [5, 5.41) is 45.0. The lowest BCUT2D eigenvalue weighted by Crippen LogP contribution is -3.09. The van der Waals surface area contributed by atoms with Crippen molar-refractivity contribution >= 4 is 35.1 Å². The van der Waals surface area contributed by atoms with Gasteiger partial charge in [0.1, 0.15) is 17.9 Å². The summed E-state index contributed by atoms with van der Waals surface area (Å²) >= 11 is 1.81. The first kappa shape index (κ1) is 26.3. The quantitative estimate of drug-likeness (QED) is 0.329. The van der Waals surface area contributed by atoms with Crippen LogP contribution in [-0.4, -0.2) is 61.5 Å². The molecule has 2 aromatic carbocycles. The zero-order chi connectivity index (χ0) is 24.7. The Kier molecular flexibility index (Phi) is 9.40. The second-order valence-electron chi connectivity index (χ2n) is 8.15. The number of nitrogens with zero attached hydrogens (tertiary/aromatic N) is 1. The van der Waals surface area contributed by atoms with Crippen molar-refractivity contribution in [1.29, 1.82) is 5.26 Å². The van der Waals surface area contributed by atoms with Crippen LogP contribution >= 0.6 is 11.8 Å². The van der Waals surface area contributed by atoms with E-state index < -0.39 is 24.1 Å². The third-order valence-electron chi connectivity index (χ3n) is 4.96. The normalized spacial score (nSPS) is 16.8. The van der Waals surface area contributed by atoms with Crippen LogP contribution in [0.4, 0.5) is 11.4 Å². The topological polar surface area (TPSA) is 153 Å². The van der Waals surface area contributed by atoms with Gasteiger partial charge in [0.25, 0.3) is 0 Å². The summed E-state index contributed by atoms with van der Waals surface area (Å²) in [6.07, 6.45) is -4.88. The van der Waals surface area contributed by atoms with Crippen molar-refractivity contribution in [2.45, 2.75) is 28.9 Å². The Balaban J connectivity index is 0.000000328. The molecule has 0 spiro atoms. The van der Waals surface area contributed by atoms with Gasteiger partial charge >= 0.3 is 0 Å². The predicted octanol–water partition coefficient (Wildman–Crippen LogP) is -3.14. The minimum atomic E-state index is -2.44. The number of hydrogen-bond acceptors (Lipinski definition) is 8. The number of nitrogens with one attached hydrogen (secondary N) is 2. The second-order valence-corrected chi connectivity index (χ2v) is 9.23. The molecular weight excluding hydrogens is 446 g/mol. The monoisotopic (exact) mass is 473 g/mol. The summed E-state index contributed by atoms with van der Waals surface area (Å²) in [5.74, 6) is -3.52. The van der Waals surface area contributed by atoms with Crippen LogP contribution in [-0.2, 0) is 9.59 Å². The number of benzene rings is 2. The van der Waals surface area contributed by atoms with Gasteiger partial charge in [0.2, 0.25) is 0 Å². The summed E-state index contributed by atoms with van der Waals surface area (Å²) in [6, 6.07) is 17.0. The summed E-state index contributed by atoms with van der Waals surface area (Å²) in [7, 11) is 4.40. The Hall–Kier alpha value is -2.94. The van der Waals surface area contributed by atoms with Crippen LogP contribution in [0.2, 0.25) is 0 Å². The number of aliphatic carboxylic acids is 2. The number of carboxylic acid groups (broad SMARTS) is 2. The van der Waals surface area contributed by atoms with E-state index in [0.29, 0.717) is 5.92 Å². The number of aliphatic hydroxyl groups is 2. The third kappa shape index (κ3) is 7.02. The van der Waals surface area contributed by atoms with Crippen LogP contribution in [0.15, 0.2) is 52.3 Å². The van der Waals surface area contributed by atoms with Crippen molar-refractivity contribution in [2.24, 2.45) is 5.92 Å². The smallest absolute Gasteiger partial charge is 0.151 e. The highest BCUT2D eigenvalue weighted by atomic mass is 32.2. The SMILES string of the molecule is C[C@H](C[NH+](C)C)C[NH+]1c2ccccc2Sc2ccc(C#N)cc21.O=C([O-])C(O)[C@@H](O)C(=O)[O-]. The second kappa shape index (κ2) is 11.8. The molecule has 0 bridgehead atoms. The number of nitriles is 1. The summed E-state index contributed by atoms with van der Waals surface area (Å²) in [6.45, 7) is 4.51. The minimum Gasteiger partial charge on any atom is -0.547 e. The molecule has 4 N–H and O–H groups in total. The van der Waals surface area contributed by atoms with E-state index in [1.807, 2.05) is 17.8 Å². The van der Waals surface area contributed by atoms with Crippen molar-refractivity contribution in [3.63, 3.8) is 0 Å². The molecule has 0 fully saturated rings. The molecule has 2 unspecified atom stereocenters. The van der Waals surface area contributed by atoms with Crippen LogP contribution in [0, 0.1) is 17.2 Å². The molecule has 1 aliphatic rings. The fourth-order valence-electron chi connectivity index (χ4n) is 3.59. The van der Waals surface area contributed by atoms with Crippen LogP contribution < -0.4 is 20.0 Å². The van der Waals surface area contributed by atoms with Gasteiger partial charge in [-0.05, 0) is 18.2 Å². The van der Waals surface area contributed by atoms with Gasteiger partial charge in [-0.1, -0.05) is 30.8 Å². The first-order valence-electron chi connectivity index (χ1n) is 10.3. The average molecular weight is 474 g/mol. The number of rotatable bonds is 7. The molecule has 0 aromatic heterocycles. The Morgan fingerprint density at radius 1 is 1.06 bits per heavy atom. The van der Waals surface area contributed by atoms with Gasteiger partial charge < -0.3 is 34.9 Å². The molecule has 176 valence electrons. The largest absolute Gasteiger partial charge is 0.547 e. The van der Waals surface area contributed by atoms with Crippen molar-refractivity contribution in [2.75, 3.05) is 27.2 Å². The van der Waals surface area contributed by atoms with Crippen molar-refractivity contribution < 1.29 is 39.8 Å². The standard InChI is InChI=1S/C19H21N3S.C4H6O6/c1-14(12-21(2)3)13-22-16-6-4-5-7-18(16)23-19-9-8-15(11-20)10-17(19)22;5-1(3(7)8)2(6)4(9)10/h4-10,14H,12-13H2,1-3H3;1-2,5-6H,(H,7,8)(H,9,10)/t14-;1-,2?/m11/s1. The molecule has 10 heteroatoms. The van der Waals surface area contributed by atoms with E-state index >= 15 is 0 Å². The van der Waals surface area contributed by atoms with Gasteiger partial charge in [-0.3, -0.25) is 4.90 Å². The number of quaternary nitrogens is 2. The van der Waals surface area contributed by atoms with E-state index in [4.69, 9.17) is 10.2 Å². The van der Waals surface area contributed by atoms with Crippen molar-refractivity contribution in [3.05, 3.63) is 48.0 Å². The van der Waals surface area contributed by atoms with E-state index in [2.05, 4.69) is 63.5 Å². The van der Waals surface area contributed by atoms with Crippen LogP contribution in [0.1, 0.15) is 12.5 Å². The van der Waals surface area contributed by atoms with E-state index in [9.17, 15) is 25.1 Å². The molecule has 33 heavy (non-hydrogen) atoms. The maximum absolute atomic E-state index is 9.63. The number of hydrogen-bond donors (Lipinski definition) is 4. The van der Waals surface area contributed by atoms with Gasteiger partial charge in [0.15, 0.2) is 5.69 Å². The third-order valence-corrected chi connectivity index (χ3v) is 6.11. The summed E-state index contributed by atoms with van der Waals surface area (Å²) in [5.41, 5.74) is 3.32. The van der Waals surface area contributed by atoms with Gasteiger partial charge in [-0.15, -0.1) is 0 Å². The van der Waals surface area contributed by atoms with Crippen molar-refractivity contribution in [1.82, 2.24) is 0 Å². The molecule has 1 aliphatic heterocycles. The zero-order valence-corrected chi connectivity index (χ0v) is 19.4. The summed E-state index contributed by atoms with van der Waals surface area (Å²) < 4.78 is 0. The molecule has 3 rings (SSSR count). The number of aliphatic hydroxyl groups excluding tert-OH is 2. The Labute approximate surface area is 196 Å². The predicted molar refractivity (Wildman–Crippen MR) is 116 cm³/mol. The number of carbonyl (C=O) groups is 2. The molecule has 0 saturated heterocycles. The number of para-hydroxylation sites is 1. The number of fused-ring (bicyclic) bond motifs is 2. The molecule has 1 heterocycles. The van der Waals surface area contributed by atoms with E-state index in [1.54, 1.807) is 0 Å². The van der Waals surface area contributed by atoms with Crippen LogP contribution in [0.3, 0.4) is 0 Å². The Morgan fingerprint density at radius 3 is 2.18 bits per heavy atom. The van der Waals surface area contributed by atoms with Gasteiger partial charge in [0, 0.05) is 12.1 Å². The van der Waals surface area contributed by atoms with E-state index in [-0.39, 0.29) is 0 Å². The van der Waals surface area contributed by atoms with Gasteiger partial charge in [-0.2, -0.15) is 5.26 Å². The minimum absolute atomic E-state index is 0.602. The lowest BCUT2D eigenvalue weighted by atomic mass is 10.1. The maximum Gasteiger partial charge on any atom is 0.151 e. The molecule has 0 saturated carbocycles. The highest BCUT2D eigenvalue weighted by Crippen LogP contribution is 2.40. The summed E-state index contributed by atoms with van der Waals surface area (Å²) in [4.78, 5) is 24.7. The van der Waals surface area contributed by atoms with E-state index in [0.717, 1.165) is 18.7 Å². The highest BCUT2D eigenvalue weighted by Gasteiger charge is 2.30. The molecular formula is C23H27N3O6S.